The lowest BCUT2D eigenvalue weighted by Crippen LogP contribution is -2.14. The van der Waals surface area contributed by atoms with E-state index in [4.69, 9.17) is 5.73 Å². The Morgan fingerprint density at radius 2 is 2.09 bits per heavy atom. The number of thiol groups is 1. The minimum absolute atomic E-state index is 0.286. The maximum absolute atomic E-state index is 11.0. The molecule has 0 fully saturated rings. The predicted molar refractivity (Wildman–Crippen MR) is 47.3 cm³/mol. The summed E-state index contributed by atoms with van der Waals surface area (Å²) in [5.41, 5.74) is 6.41. The smallest absolute Gasteiger partial charge is 0.263 e. The largest absolute Gasteiger partial charge is 0.398 e. The van der Waals surface area contributed by atoms with Gasteiger partial charge in [-0.1, -0.05) is 24.9 Å². The summed E-state index contributed by atoms with van der Waals surface area (Å²) in [5.74, 6) is -0.286. The molecular formula is C7H8N2OS. The van der Waals surface area contributed by atoms with Crippen LogP contribution in [0.4, 0.5) is 5.69 Å². The Labute approximate surface area is 70.1 Å². The molecule has 1 rings (SSSR count). The number of carbonyl (C=O) groups excluding carboxylic acids is 1. The number of hydrogen-bond donors (Lipinski definition) is 3. The fourth-order valence-corrected chi connectivity index (χ4v) is 0.884. The van der Waals surface area contributed by atoms with Crippen molar-refractivity contribution < 1.29 is 4.79 Å². The van der Waals surface area contributed by atoms with E-state index in [2.05, 4.69) is 17.5 Å². The van der Waals surface area contributed by atoms with Gasteiger partial charge in [-0.25, -0.2) is 0 Å². The average molecular weight is 168 g/mol. The van der Waals surface area contributed by atoms with Gasteiger partial charge in [0.25, 0.3) is 5.91 Å². The highest BCUT2D eigenvalue weighted by molar-refractivity contribution is 7.78. The molecule has 0 aromatic heterocycles. The van der Waals surface area contributed by atoms with Crippen LogP contribution in [0.15, 0.2) is 24.3 Å². The SMILES string of the molecule is Nc1ccccc1C(=O)NS. The second-order valence-corrected chi connectivity index (χ2v) is 2.25. The molecule has 4 heteroatoms. The van der Waals surface area contributed by atoms with Gasteiger partial charge in [0.2, 0.25) is 0 Å². The second kappa shape index (κ2) is 3.30. The van der Waals surface area contributed by atoms with Crippen molar-refractivity contribution in [3.63, 3.8) is 0 Å². The Bertz CT molecular complexity index is 275. The number of nitrogens with one attached hydrogen (secondary N) is 1. The first-order valence-corrected chi connectivity index (χ1v) is 3.49. The van der Waals surface area contributed by atoms with Crippen molar-refractivity contribution >= 4 is 24.4 Å². The molecule has 0 aliphatic carbocycles. The quantitative estimate of drug-likeness (QED) is 0.430. The van der Waals surface area contributed by atoms with E-state index in [1.54, 1.807) is 24.3 Å². The van der Waals surface area contributed by atoms with Gasteiger partial charge in [0.1, 0.15) is 0 Å². The lowest BCUT2D eigenvalue weighted by atomic mass is 10.2. The fourth-order valence-electron chi connectivity index (χ4n) is 0.764. The molecule has 0 spiro atoms. The summed E-state index contributed by atoms with van der Waals surface area (Å²) in [7, 11) is 0. The van der Waals surface area contributed by atoms with Crippen LogP contribution in [0.3, 0.4) is 0 Å². The zero-order chi connectivity index (χ0) is 8.27. The molecule has 0 radical (unpaired) electrons. The first-order chi connectivity index (χ1) is 5.25. The Morgan fingerprint density at radius 1 is 1.45 bits per heavy atom. The second-order valence-electron chi connectivity index (χ2n) is 2.03. The van der Waals surface area contributed by atoms with Crippen LogP contribution in [0, 0.1) is 0 Å². The van der Waals surface area contributed by atoms with Crippen LogP contribution in [-0.4, -0.2) is 5.91 Å². The van der Waals surface area contributed by atoms with Crippen LogP contribution in [0.5, 0.6) is 0 Å². The van der Waals surface area contributed by atoms with Crippen molar-refractivity contribution in [3.05, 3.63) is 29.8 Å². The Morgan fingerprint density at radius 3 is 2.64 bits per heavy atom. The number of benzene rings is 1. The van der Waals surface area contributed by atoms with Crippen LogP contribution in [0.25, 0.3) is 0 Å². The number of nitrogen functional groups attached to an aromatic ring is 1. The molecule has 1 aromatic rings. The molecule has 0 atom stereocenters. The van der Waals surface area contributed by atoms with Crippen molar-refractivity contribution in [3.8, 4) is 0 Å². The Kier molecular flexibility index (Phi) is 2.38. The van der Waals surface area contributed by atoms with Gasteiger partial charge in [-0.15, -0.1) is 0 Å². The van der Waals surface area contributed by atoms with Crippen LogP contribution < -0.4 is 10.5 Å². The first kappa shape index (κ1) is 7.94. The number of anilines is 1. The first-order valence-electron chi connectivity index (χ1n) is 3.04. The van der Waals surface area contributed by atoms with Crippen LogP contribution >= 0.6 is 12.8 Å². The third-order valence-corrected chi connectivity index (χ3v) is 1.51. The third-order valence-electron chi connectivity index (χ3n) is 1.31. The number of carbonyl (C=O) groups is 1. The summed E-state index contributed by atoms with van der Waals surface area (Å²) >= 11 is 3.62. The molecule has 1 amide bonds. The Hall–Kier alpha value is -1.16. The van der Waals surface area contributed by atoms with Crippen molar-refractivity contribution in [2.45, 2.75) is 0 Å². The van der Waals surface area contributed by atoms with E-state index in [0.717, 1.165) is 0 Å². The summed E-state index contributed by atoms with van der Waals surface area (Å²) in [6, 6.07) is 6.82. The van der Waals surface area contributed by atoms with Crippen molar-refractivity contribution in [1.29, 1.82) is 0 Å². The molecule has 0 heterocycles. The molecule has 0 aliphatic heterocycles. The number of para-hydroxylation sites is 1. The van der Waals surface area contributed by atoms with Gasteiger partial charge >= 0.3 is 0 Å². The minimum atomic E-state index is -0.286. The van der Waals surface area contributed by atoms with Gasteiger partial charge in [0.15, 0.2) is 0 Å². The molecule has 0 aliphatic rings. The van der Waals surface area contributed by atoms with Crippen LogP contribution in [0.2, 0.25) is 0 Å². The summed E-state index contributed by atoms with van der Waals surface area (Å²) in [5, 5.41) is 0. The van der Waals surface area contributed by atoms with E-state index in [1.807, 2.05) is 0 Å². The molecule has 0 bridgehead atoms. The van der Waals surface area contributed by atoms with Crippen molar-refractivity contribution in [2.75, 3.05) is 5.73 Å². The lowest BCUT2D eigenvalue weighted by molar-refractivity contribution is 0.0986. The fraction of sp³-hybridized carbons (Fsp3) is 0. The average Bonchev–Trinajstić information content (AvgIpc) is 2.04. The van der Waals surface area contributed by atoms with Crippen molar-refractivity contribution in [2.24, 2.45) is 0 Å². The predicted octanol–water partition coefficient (Wildman–Crippen LogP) is 0.843. The maximum Gasteiger partial charge on any atom is 0.263 e. The molecule has 0 saturated carbocycles. The zero-order valence-corrected chi connectivity index (χ0v) is 6.64. The highest BCUT2D eigenvalue weighted by atomic mass is 32.1. The highest BCUT2D eigenvalue weighted by Crippen LogP contribution is 2.09. The van der Waals surface area contributed by atoms with Gasteiger partial charge < -0.3 is 5.73 Å². The molecule has 3 N–H and O–H groups in total. The molecule has 0 unspecified atom stereocenters. The summed E-state index contributed by atoms with van der Waals surface area (Å²) < 4.78 is 2.20. The number of rotatable bonds is 1. The normalized spacial score (nSPS) is 9.18. The summed E-state index contributed by atoms with van der Waals surface area (Å²) in [6.07, 6.45) is 0. The third kappa shape index (κ3) is 1.65. The van der Waals surface area contributed by atoms with Crippen molar-refractivity contribution in [1.82, 2.24) is 4.72 Å². The zero-order valence-electron chi connectivity index (χ0n) is 5.74. The van der Waals surface area contributed by atoms with Gasteiger partial charge in [0, 0.05) is 5.69 Å². The minimum Gasteiger partial charge on any atom is -0.398 e. The van der Waals surface area contributed by atoms with Gasteiger partial charge in [-0.05, 0) is 12.1 Å². The van der Waals surface area contributed by atoms with Gasteiger partial charge in [0.05, 0.1) is 5.56 Å². The van der Waals surface area contributed by atoms with E-state index in [-0.39, 0.29) is 5.91 Å². The number of amides is 1. The molecule has 3 nitrogen and oxygen atoms in total. The Balaban J connectivity index is 3.03. The van der Waals surface area contributed by atoms with Gasteiger partial charge in [-0.3, -0.25) is 9.52 Å². The molecule has 0 saturated heterocycles. The molecule has 58 valence electrons. The maximum atomic E-state index is 11.0. The monoisotopic (exact) mass is 168 g/mol. The van der Waals surface area contributed by atoms with Crippen LogP contribution in [0.1, 0.15) is 10.4 Å². The number of nitrogens with two attached hydrogens (primary N) is 1. The molecular weight excluding hydrogens is 160 g/mol. The van der Waals surface area contributed by atoms with E-state index in [0.29, 0.717) is 11.3 Å². The lowest BCUT2D eigenvalue weighted by Gasteiger charge is -2.00. The van der Waals surface area contributed by atoms with E-state index in [9.17, 15) is 4.79 Å². The highest BCUT2D eigenvalue weighted by Gasteiger charge is 2.04. The van der Waals surface area contributed by atoms with E-state index in [1.165, 1.54) is 0 Å². The summed E-state index contributed by atoms with van der Waals surface area (Å²) in [4.78, 5) is 11.0. The van der Waals surface area contributed by atoms with Crippen LogP contribution in [-0.2, 0) is 0 Å². The molecule has 11 heavy (non-hydrogen) atoms. The van der Waals surface area contributed by atoms with E-state index < -0.39 is 0 Å². The standard InChI is InChI=1S/C7H8N2OS/c8-6-4-2-1-3-5(6)7(10)9-11/h1-4,11H,8H2,(H,9,10). The molecule has 1 aromatic carbocycles. The van der Waals surface area contributed by atoms with E-state index >= 15 is 0 Å². The topological polar surface area (TPSA) is 55.1 Å². The van der Waals surface area contributed by atoms with Gasteiger partial charge in [-0.2, -0.15) is 0 Å². The number of hydrogen-bond acceptors (Lipinski definition) is 3. The summed E-state index contributed by atoms with van der Waals surface area (Å²) in [6.45, 7) is 0.